The van der Waals surface area contributed by atoms with E-state index in [0.717, 1.165) is 22.4 Å². The third-order valence-electron chi connectivity index (χ3n) is 2.61. The van der Waals surface area contributed by atoms with Crippen molar-refractivity contribution in [2.24, 2.45) is 0 Å². The Morgan fingerprint density at radius 3 is 2.62 bits per heavy atom. The fourth-order valence-corrected chi connectivity index (χ4v) is 1.82. The third-order valence-corrected chi connectivity index (χ3v) is 2.61. The van der Waals surface area contributed by atoms with Crippen LogP contribution in [0.4, 0.5) is 0 Å². The lowest BCUT2D eigenvalue weighted by atomic mass is 10.0. The van der Waals surface area contributed by atoms with E-state index in [1.807, 2.05) is 36.5 Å². The number of nitrogens with one attached hydrogen (secondary N) is 1. The molecule has 0 amide bonds. The molecule has 1 aromatic heterocycles. The highest BCUT2D eigenvalue weighted by atomic mass is 16.5. The smallest absolute Gasteiger partial charge is 0.0834 e. The Labute approximate surface area is 94.7 Å². The van der Waals surface area contributed by atoms with Crippen LogP contribution in [0.2, 0.25) is 0 Å². The summed E-state index contributed by atoms with van der Waals surface area (Å²) in [6.07, 6.45) is 1.91. The summed E-state index contributed by atoms with van der Waals surface area (Å²) in [5.41, 5.74) is 4.06. The first-order valence-corrected chi connectivity index (χ1v) is 5.21. The molecule has 1 heterocycles. The molecule has 3 heteroatoms. The quantitative estimate of drug-likeness (QED) is 0.825. The van der Waals surface area contributed by atoms with Crippen LogP contribution >= 0.6 is 0 Å². The summed E-state index contributed by atoms with van der Waals surface area (Å²) in [4.78, 5) is 3.08. The van der Waals surface area contributed by atoms with Crippen LogP contribution in [-0.2, 0) is 18.0 Å². The van der Waals surface area contributed by atoms with E-state index < -0.39 is 0 Å². The largest absolute Gasteiger partial charge is 0.390 e. The minimum atomic E-state index is 0.00548. The van der Waals surface area contributed by atoms with Crippen molar-refractivity contribution >= 4 is 0 Å². The molecule has 0 saturated heterocycles. The third kappa shape index (κ3) is 2.01. The number of ether oxygens (including phenoxy) is 1. The summed E-state index contributed by atoms with van der Waals surface area (Å²) in [6, 6.07) is 10.1. The highest BCUT2D eigenvalue weighted by Gasteiger charge is 2.11. The zero-order valence-corrected chi connectivity index (χ0v) is 9.23. The fourth-order valence-electron chi connectivity index (χ4n) is 1.82. The molecular weight excluding hydrogens is 202 g/mol. The number of aliphatic hydroxyl groups excluding tert-OH is 1. The van der Waals surface area contributed by atoms with Gasteiger partial charge in [-0.15, -0.1) is 0 Å². The molecule has 84 valence electrons. The van der Waals surface area contributed by atoms with Gasteiger partial charge < -0.3 is 14.8 Å². The van der Waals surface area contributed by atoms with Crippen molar-refractivity contribution in [3.63, 3.8) is 0 Å². The highest BCUT2D eigenvalue weighted by Crippen LogP contribution is 2.26. The Balaban J connectivity index is 2.44. The molecule has 0 aliphatic rings. The first-order valence-electron chi connectivity index (χ1n) is 5.21. The Morgan fingerprint density at radius 2 is 2.00 bits per heavy atom. The Morgan fingerprint density at radius 1 is 1.25 bits per heavy atom. The fraction of sp³-hybridized carbons (Fsp3) is 0.231. The predicted molar refractivity (Wildman–Crippen MR) is 62.9 cm³/mol. The van der Waals surface area contributed by atoms with E-state index in [4.69, 9.17) is 4.74 Å². The number of hydrogen-bond donors (Lipinski definition) is 2. The van der Waals surface area contributed by atoms with Crippen LogP contribution in [0.25, 0.3) is 11.1 Å². The molecule has 0 radical (unpaired) electrons. The van der Waals surface area contributed by atoms with E-state index in [9.17, 15) is 5.11 Å². The molecule has 2 N–H and O–H groups in total. The van der Waals surface area contributed by atoms with Crippen molar-refractivity contribution in [2.75, 3.05) is 7.11 Å². The number of rotatable bonds is 4. The highest BCUT2D eigenvalue weighted by molar-refractivity contribution is 5.67. The number of hydrogen-bond acceptors (Lipinski definition) is 2. The normalized spacial score (nSPS) is 10.6. The lowest BCUT2D eigenvalue weighted by Gasteiger charge is -2.05. The molecule has 2 rings (SSSR count). The van der Waals surface area contributed by atoms with Gasteiger partial charge in [0.15, 0.2) is 0 Å². The second-order valence-corrected chi connectivity index (χ2v) is 3.62. The Kier molecular flexibility index (Phi) is 3.39. The molecule has 0 aliphatic heterocycles. The first-order chi connectivity index (χ1) is 7.86. The Hall–Kier alpha value is -1.58. The van der Waals surface area contributed by atoms with E-state index in [1.54, 1.807) is 7.11 Å². The molecule has 0 unspecified atom stereocenters. The van der Waals surface area contributed by atoms with Gasteiger partial charge in [0.1, 0.15) is 0 Å². The van der Waals surface area contributed by atoms with Crippen LogP contribution in [0.15, 0.2) is 36.5 Å². The van der Waals surface area contributed by atoms with Crippen LogP contribution < -0.4 is 0 Å². The average Bonchev–Trinajstić information content (AvgIpc) is 2.74. The van der Waals surface area contributed by atoms with Gasteiger partial charge in [0.25, 0.3) is 0 Å². The summed E-state index contributed by atoms with van der Waals surface area (Å²) in [5, 5.41) is 9.22. The van der Waals surface area contributed by atoms with Gasteiger partial charge in [0.05, 0.1) is 13.2 Å². The zero-order valence-electron chi connectivity index (χ0n) is 9.23. The van der Waals surface area contributed by atoms with E-state index in [2.05, 4.69) is 4.98 Å². The maximum atomic E-state index is 9.22. The van der Waals surface area contributed by atoms with E-state index in [1.165, 1.54) is 0 Å². The monoisotopic (exact) mass is 217 g/mol. The lowest BCUT2D eigenvalue weighted by Crippen LogP contribution is -1.94. The molecule has 1 aromatic carbocycles. The maximum absolute atomic E-state index is 9.22. The Bertz CT molecular complexity index is 448. The van der Waals surface area contributed by atoms with E-state index >= 15 is 0 Å². The molecule has 0 bridgehead atoms. The van der Waals surface area contributed by atoms with Crippen molar-refractivity contribution in [1.29, 1.82) is 0 Å². The van der Waals surface area contributed by atoms with E-state index in [0.29, 0.717) is 6.61 Å². The number of methoxy groups -OCH3 is 1. The number of benzene rings is 1. The van der Waals surface area contributed by atoms with Gasteiger partial charge in [-0.25, -0.2) is 0 Å². The lowest BCUT2D eigenvalue weighted by molar-refractivity contribution is 0.181. The molecule has 0 spiro atoms. The van der Waals surface area contributed by atoms with Crippen LogP contribution in [0.3, 0.4) is 0 Å². The van der Waals surface area contributed by atoms with Crippen molar-refractivity contribution in [2.45, 2.75) is 13.2 Å². The number of aromatic amines is 1. The summed E-state index contributed by atoms with van der Waals surface area (Å²) in [5.74, 6) is 0. The van der Waals surface area contributed by atoms with Gasteiger partial charge in [-0.05, 0) is 5.56 Å². The van der Waals surface area contributed by atoms with Gasteiger partial charge in [0.2, 0.25) is 0 Å². The first kappa shape index (κ1) is 10.9. The van der Waals surface area contributed by atoms with Gasteiger partial charge >= 0.3 is 0 Å². The summed E-state index contributed by atoms with van der Waals surface area (Å²) in [7, 11) is 1.66. The molecule has 0 saturated carbocycles. The van der Waals surface area contributed by atoms with Gasteiger partial charge in [0, 0.05) is 30.1 Å². The SMILES string of the molecule is COCc1c(-c2ccccc2)c[nH]c1CO. The van der Waals surface area contributed by atoms with Crippen LogP contribution in [0.1, 0.15) is 11.3 Å². The predicted octanol–water partition coefficient (Wildman–Crippen LogP) is 2.32. The van der Waals surface area contributed by atoms with Gasteiger partial charge in [-0.1, -0.05) is 30.3 Å². The minimum absolute atomic E-state index is 0.00548. The second-order valence-electron chi connectivity index (χ2n) is 3.62. The zero-order chi connectivity index (χ0) is 11.4. The molecule has 0 atom stereocenters. The van der Waals surface area contributed by atoms with Gasteiger partial charge in [-0.2, -0.15) is 0 Å². The molecule has 3 nitrogen and oxygen atoms in total. The topological polar surface area (TPSA) is 45.2 Å². The average molecular weight is 217 g/mol. The maximum Gasteiger partial charge on any atom is 0.0834 e. The molecular formula is C13H15NO2. The van der Waals surface area contributed by atoms with E-state index in [-0.39, 0.29) is 6.61 Å². The van der Waals surface area contributed by atoms with Crippen LogP contribution in [-0.4, -0.2) is 17.2 Å². The van der Waals surface area contributed by atoms with Crippen molar-refractivity contribution in [1.82, 2.24) is 4.98 Å². The van der Waals surface area contributed by atoms with Crippen LogP contribution in [0, 0.1) is 0 Å². The summed E-state index contributed by atoms with van der Waals surface area (Å²) in [6.45, 7) is 0.509. The summed E-state index contributed by atoms with van der Waals surface area (Å²) >= 11 is 0. The van der Waals surface area contributed by atoms with Crippen molar-refractivity contribution < 1.29 is 9.84 Å². The molecule has 2 aromatic rings. The number of H-pyrrole nitrogens is 1. The number of aliphatic hydroxyl groups is 1. The molecule has 16 heavy (non-hydrogen) atoms. The second kappa shape index (κ2) is 4.96. The minimum Gasteiger partial charge on any atom is -0.390 e. The molecule has 0 aliphatic carbocycles. The van der Waals surface area contributed by atoms with Crippen molar-refractivity contribution in [3.05, 3.63) is 47.8 Å². The number of aromatic nitrogens is 1. The van der Waals surface area contributed by atoms with Gasteiger partial charge in [-0.3, -0.25) is 0 Å². The summed E-state index contributed by atoms with van der Waals surface area (Å²) < 4.78 is 5.16. The standard InChI is InChI=1S/C13H15NO2/c1-16-9-12-11(7-14-13(12)8-15)10-5-3-2-4-6-10/h2-7,14-15H,8-9H2,1H3. The molecule has 0 fully saturated rings. The van der Waals surface area contributed by atoms with Crippen molar-refractivity contribution in [3.8, 4) is 11.1 Å². The van der Waals surface area contributed by atoms with Crippen LogP contribution in [0.5, 0.6) is 0 Å².